The summed E-state index contributed by atoms with van der Waals surface area (Å²) >= 11 is 7.61. The number of amides is 1. The number of primary amides is 1. The van der Waals surface area contributed by atoms with Crippen LogP contribution in [-0.2, 0) is 14.4 Å². The molecule has 1 saturated heterocycles. The molecule has 0 saturated carbocycles. The Labute approximate surface area is 121 Å². The van der Waals surface area contributed by atoms with Crippen LogP contribution < -0.4 is 5.73 Å². The topological polar surface area (TPSA) is 61.6 Å². The van der Waals surface area contributed by atoms with Crippen LogP contribution in [0.25, 0.3) is 0 Å². The highest BCUT2D eigenvalue weighted by atomic mass is 35.5. The highest BCUT2D eigenvalue weighted by Crippen LogP contribution is 2.47. The van der Waals surface area contributed by atoms with Crippen LogP contribution in [0.1, 0.15) is 18.9 Å². The lowest BCUT2D eigenvalue weighted by molar-refractivity contribution is -0.0386. The summed E-state index contributed by atoms with van der Waals surface area (Å²) in [5.41, 5.74) is 6.04. The summed E-state index contributed by atoms with van der Waals surface area (Å²) in [5, 5.41) is 0.701. The number of halogens is 1. The van der Waals surface area contributed by atoms with Crippen molar-refractivity contribution >= 4 is 29.5 Å². The quantitative estimate of drug-likeness (QED) is 0.928. The Morgan fingerprint density at radius 1 is 1.58 bits per heavy atom. The van der Waals surface area contributed by atoms with Crippen molar-refractivity contribution in [3.63, 3.8) is 0 Å². The standard InChI is InChI=1S/C13H16ClNO3S/c1-2-13(9-3-5-10(14)6-4-9)18-11(8-19-13)7-17-12(15)16/h3-6,11H,2,7-8H2,1H3,(H2,15,16)/t11-,13-/m0/s1. The molecule has 19 heavy (non-hydrogen) atoms. The molecule has 2 rings (SSSR count). The van der Waals surface area contributed by atoms with Crippen LogP contribution in [0.4, 0.5) is 4.79 Å². The molecule has 1 amide bonds. The average molecular weight is 302 g/mol. The van der Waals surface area contributed by atoms with E-state index in [-0.39, 0.29) is 12.7 Å². The minimum Gasteiger partial charge on any atom is -0.447 e. The van der Waals surface area contributed by atoms with E-state index in [1.165, 1.54) is 0 Å². The molecule has 0 radical (unpaired) electrons. The average Bonchev–Trinajstić information content (AvgIpc) is 2.82. The zero-order valence-corrected chi connectivity index (χ0v) is 12.2. The van der Waals surface area contributed by atoms with E-state index >= 15 is 0 Å². The van der Waals surface area contributed by atoms with Gasteiger partial charge in [-0.1, -0.05) is 30.7 Å². The summed E-state index contributed by atoms with van der Waals surface area (Å²) < 4.78 is 10.9. The summed E-state index contributed by atoms with van der Waals surface area (Å²) in [6.07, 6.45) is -0.0750. The predicted octanol–water partition coefficient (Wildman–Crippen LogP) is 3.13. The third-order valence-corrected chi connectivity index (χ3v) is 4.90. The predicted molar refractivity (Wildman–Crippen MR) is 76.3 cm³/mol. The summed E-state index contributed by atoms with van der Waals surface area (Å²) in [4.78, 5) is 10.2. The molecule has 1 fully saturated rings. The van der Waals surface area contributed by atoms with Gasteiger partial charge in [0.15, 0.2) is 0 Å². The molecular weight excluding hydrogens is 286 g/mol. The third-order valence-electron chi connectivity index (χ3n) is 3.02. The maximum absolute atomic E-state index is 10.6. The van der Waals surface area contributed by atoms with E-state index in [2.05, 4.69) is 6.92 Å². The Hall–Kier alpha value is -0.910. The second-order valence-corrected chi connectivity index (χ2v) is 6.01. The molecule has 2 atom stereocenters. The molecule has 1 heterocycles. The molecule has 1 aliphatic rings. The molecular formula is C13H16ClNO3S. The van der Waals surface area contributed by atoms with Crippen molar-refractivity contribution in [1.82, 2.24) is 0 Å². The Morgan fingerprint density at radius 3 is 2.84 bits per heavy atom. The SMILES string of the molecule is CC[C@]1(c2ccc(Cl)cc2)O[C@@H](COC(N)=O)CS1. The van der Waals surface area contributed by atoms with E-state index in [0.29, 0.717) is 5.02 Å². The first-order chi connectivity index (χ1) is 9.05. The van der Waals surface area contributed by atoms with Crippen LogP contribution in [0.5, 0.6) is 0 Å². The van der Waals surface area contributed by atoms with E-state index in [1.807, 2.05) is 24.3 Å². The third kappa shape index (κ3) is 3.35. The highest BCUT2D eigenvalue weighted by molar-refractivity contribution is 8.00. The van der Waals surface area contributed by atoms with Crippen LogP contribution in [0.2, 0.25) is 5.02 Å². The van der Waals surface area contributed by atoms with Crippen LogP contribution in [0.15, 0.2) is 24.3 Å². The Kier molecular flexibility index (Phi) is 4.60. The number of hydrogen-bond donors (Lipinski definition) is 1. The van der Waals surface area contributed by atoms with Crippen molar-refractivity contribution in [2.24, 2.45) is 5.73 Å². The molecule has 0 bridgehead atoms. The number of hydrogen-bond acceptors (Lipinski definition) is 4. The maximum Gasteiger partial charge on any atom is 0.404 e. The van der Waals surface area contributed by atoms with Crippen LogP contribution in [-0.4, -0.2) is 24.6 Å². The molecule has 0 unspecified atom stereocenters. The van der Waals surface area contributed by atoms with Crippen LogP contribution >= 0.6 is 23.4 Å². The number of carbonyl (C=O) groups excluding carboxylic acids is 1. The first kappa shape index (κ1) is 14.5. The van der Waals surface area contributed by atoms with Gasteiger partial charge in [-0.3, -0.25) is 0 Å². The van der Waals surface area contributed by atoms with Crippen molar-refractivity contribution < 1.29 is 14.3 Å². The number of thioether (sulfide) groups is 1. The van der Waals surface area contributed by atoms with Crippen LogP contribution in [0, 0.1) is 0 Å². The largest absolute Gasteiger partial charge is 0.447 e. The van der Waals surface area contributed by atoms with Gasteiger partial charge in [0.1, 0.15) is 17.6 Å². The van der Waals surface area contributed by atoms with Crippen molar-refractivity contribution in [2.45, 2.75) is 24.4 Å². The zero-order chi connectivity index (χ0) is 13.9. The normalized spacial score (nSPS) is 26.3. The summed E-state index contributed by atoms with van der Waals surface area (Å²) in [6, 6.07) is 7.64. The molecule has 1 aromatic carbocycles. The molecule has 2 N–H and O–H groups in total. The summed E-state index contributed by atoms with van der Waals surface area (Å²) in [6.45, 7) is 2.26. The van der Waals surface area contributed by atoms with Crippen molar-refractivity contribution in [2.75, 3.05) is 12.4 Å². The molecule has 0 spiro atoms. The Bertz CT molecular complexity index is 454. The molecule has 0 aromatic heterocycles. The van der Waals surface area contributed by atoms with E-state index in [4.69, 9.17) is 26.8 Å². The lowest BCUT2D eigenvalue weighted by Gasteiger charge is -2.27. The van der Waals surface area contributed by atoms with Gasteiger partial charge in [0, 0.05) is 10.8 Å². The number of benzene rings is 1. The number of ether oxygens (including phenoxy) is 2. The van der Waals surface area contributed by atoms with E-state index in [9.17, 15) is 4.79 Å². The minimum absolute atomic E-state index is 0.131. The van der Waals surface area contributed by atoms with Gasteiger partial charge in [0.2, 0.25) is 0 Å². The second kappa shape index (κ2) is 6.03. The Balaban J connectivity index is 2.08. The Morgan fingerprint density at radius 2 is 2.26 bits per heavy atom. The number of rotatable bonds is 4. The molecule has 1 aromatic rings. The fourth-order valence-electron chi connectivity index (χ4n) is 2.07. The fraction of sp³-hybridized carbons (Fsp3) is 0.462. The van der Waals surface area contributed by atoms with Gasteiger partial charge in [0.25, 0.3) is 0 Å². The van der Waals surface area contributed by atoms with Crippen molar-refractivity contribution in [3.8, 4) is 0 Å². The highest BCUT2D eigenvalue weighted by Gasteiger charge is 2.41. The van der Waals surface area contributed by atoms with Gasteiger partial charge >= 0.3 is 6.09 Å². The van der Waals surface area contributed by atoms with Gasteiger partial charge in [-0.05, 0) is 24.1 Å². The smallest absolute Gasteiger partial charge is 0.404 e. The van der Waals surface area contributed by atoms with Gasteiger partial charge in [0.05, 0.1) is 0 Å². The zero-order valence-electron chi connectivity index (χ0n) is 10.6. The van der Waals surface area contributed by atoms with E-state index in [0.717, 1.165) is 17.7 Å². The van der Waals surface area contributed by atoms with Gasteiger partial charge < -0.3 is 15.2 Å². The lowest BCUT2D eigenvalue weighted by Crippen LogP contribution is -2.28. The maximum atomic E-state index is 10.6. The van der Waals surface area contributed by atoms with Gasteiger partial charge in [-0.25, -0.2) is 4.79 Å². The van der Waals surface area contributed by atoms with E-state index < -0.39 is 11.0 Å². The van der Waals surface area contributed by atoms with Crippen molar-refractivity contribution in [3.05, 3.63) is 34.9 Å². The molecule has 6 heteroatoms. The van der Waals surface area contributed by atoms with Gasteiger partial charge in [-0.15, -0.1) is 11.8 Å². The second-order valence-electron chi connectivity index (χ2n) is 4.29. The van der Waals surface area contributed by atoms with Crippen molar-refractivity contribution in [1.29, 1.82) is 0 Å². The minimum atomic E-state index is -0.769. The fourth-order valence-corrected chi connectivity index (χ4v) is 3.52. The molecule has 104 valence electrons. The monoisotopic (exact) mass is 301 g/mol. The van der Waals surface area contributed by atoms with Crippen LogP contribution in [0.3, 0.4) is 0 Å². The molecule has 0 aliphatic carbocycles. The van der Waals surface area contributed by atoms with Gasteiger partial charge in [-0.2, -0.15) is 0 Å². The lowest BCUT2D eigenvalue weighted by atomic mass is 10.1. The molecule has 1 aliphatic heterocycles. The van der Waals surface area contributed by atoms with E-state index in [1.54, 1.807) is 11.8 Å². The molecule has 4 nitrogen and oxygen atoms in total. The number of nitrogens with two attached hydrogens (primary N) is 1. The first-order valence-corrected chi connectivity index (χ1v) is 7.42. The first-order valence-electron chi connectivity index (χ1n) is 6.06. The number of carbonyl (C=O) groups is 1. The summed E-state index contributed by atoms with van der Waals surface area (Å²) in [5.74, 6) is 0.768. The summed E-state index contributed by atoms with van der Waals surface area (Å²) in [7, 11) is 0.